The van der Waals surface area contributed by atoms with Crippen LogP contribution in [0.15, 0.2) is 121 Å². The van der Waals surface area contributed by atoms with Crippen LogP contribution < -0.4 is 18.9 Å². The van der Waals surface area contributed by atoms with Crippen LogP contribution in [0.4, 0.5) is 8.78 Å². The van der Waals surface area contributed by atoms with Gasteiger partial charge in [-0.05, 0) is 141 Å². The van der Waals surface area contributed by atoms with Crippen LogP contribution >= 0.6 is 0 Å². The fourth-order valence-electron chi connectivity index (χ4n) is 7.23. The third-order valence-corrected chi connectivity index (χ3v) is 10.8. The number of aliphatic carboxylic acids is 1. The average molecular weight is 919 g/mol. The highest BCUT2D eigenvalue weighted by Crippen LogP contribution is 2.38. The second-order valence-electron chi connectivity index (χ2n) is 17.8. The number of carbonyl (C=O) groups excluding carboxylic acids is 1. The summed E-state index contributed by atoms with van der Waals surface area (Å²) in [6.07, 6.45) is 1.56. The van der Waals surface area contributed by atoms with Crippen LogP contribution in [0.1, 0.15) is 103 Å². The second kappa shape index (κ2) is 24.7. The van der Waals surface area contributed by atoms with Crippen molar-refractivity contribution in [1.29, 1.82) is 0 Å². The molecule has 67 heavy (non-hydrogen) atoms. The Labute approximate surface area is 396 Å². The lowest BCUT2D eigenvalue weighted by atomic mass is 9.81. The molecule has 0 atom stereocenters. The number of carboxylic acid groups (broad SMARTS) is 1. The van der Waals surface area contributed by atoms with E-state index in [0.717, 1.165) is 50.3 Å². The van der Waals surface area contributed by atoms with E-state index in [2.05, 4.69) is 46.3 Å². The maximum absolute atomic E-state index is 14.8. The molecule has 0 aliphatic carbocycles. The maximum atomic E-state index is 14.8. The van der Waals surface area contributed by atoms with E-state index >= 15 is 0 Å². The highest BCUT2D eigenvalue weighted by atomic mass is 19.1. The second-order valence-corrected chi connectivity index (χ2v) is 17.8. The van der Waals surface area contributed by atoms with Crippen LogP contribution in [0.3, 0.4) is 0 Å². The number of methoxy groups -OCH3 is 3. The molecule has 10 heteroatoms. The van der Waals surface area contributed by atoms with Crippen molar-refractivity contribution >= 4 is 11.9 Å². The molecule has 0 heterocycles. The van der Waals surface area contributed by atoms with Gasteiger partial charge in [0.2, 0.25) is 0 Å². The zero-order valence-electron chi connectivity index (χ0n) is 38.9. The van der Waals surface area contributed by atoms with Crippen molar-refractivity contribution in [2.24, 2.45) is 0 Å². The van der Waals surface area contributed by atoms with Gasteiger partial charge in [-0.25, -0.2) is 8.78 Å². The van der Waals surface area contributed by atoms with Crippen LogP contribution in [-0.2, 0) is 51.2 Å². The normalized spacial score (nSPS) is 10.9. The zero-order valence-corrected chi connectivity index (χ0v) is 38.9. The minimum atomic E-state index is -0.813. The number of ether oxygens (including phenoxy) is 5. The lowest BCUT2D eigenvalue weighted by molar-refractivity contribution is -0.140. The van der Waals surface area contributed by atoms with E-state index in [0.29, 0.717) is 60.9 Å². The third kappa shape index (κ3) is 15.7. The molecule has 0 radical (unpaired) electrons. The molecule has 0 bridgehead atoms. The van der Waals surface area contributed by atoms with Gasteiger partial charge in [-0.3, -0.25) is 9.59 Å². The lowest BCUT2D eigenvalue weighted by Gasteiger charge is -2.24. The Morgan fingerprint density at radius 1 is 0.478 bits per heavy atom. The molecule has 8 nitrogen and oxygen atoms in total. The van der Waals surface area contributed by atoms with Crippen LogP contribution in [0.5, 0.6) is 23.0 Å². The number of carbonyl (C=O) groups is 2. The van der Waals surface area contributed by atoms with Crippen LogP contribution in [0.2, 0.25) is 0 Å². The van der Waals surface area contributed by atoms with Gasteiger partial charge in [0.25, 0.3) is 0 Å². The molecule has 6 aromatic rings. The fraction of sp³-hybridized carbons (Fsp3) is 0.333. The quantitative estimate of drug-likeness (QED) is 0.0958. The van der Waals surface area contributed by atoms with Crippen molar-refractivity contribution in [1.82, 2.24) is 0 Å². The smallest absolute Gasteiger partial charge is 0.305 e. The Balaban J connectivity index is 0.000000345. The first-order chi connectivity index (χ1) is 30.9. The Hall–Kier alpha value is -6.68. The van der Waals surface area contributed by atoms with Crippen molar-refractivity contribution in [3.63, 3.8) is 0 Å². The summed E-state index contributed by atoms with van der Waals surface area (Å²) in [5.41, 5.74) is 8.26. The number of carboxylic acids is 1. The molecule has 6 rings (SSSR count). The minimum Gasteiger partial charge on any atom is -0.497 e. The van der Waals surface area contributed by atoms with Gasteiger partial charge in [0.1, 0.15) is 47.8 Å². The summed E-state index contributed by atoms with van der Waals surface area (Å²) in [7, 11) is 4.53. The Morgan fingerprint density at radius 2 is 0.836 bits per heavy atom. The Morgan fingerprint density at radius 3 is 1.18 bits per heavy atom. The van der Waals surface area contributed by atoms with Crippen molar-refractivity contribution in [3.8, 4) is 45.3 Å². The molecule has 0 unspecified atom stereocenters. The number of hydrogen-bond donors (Lipinski definition) is 1. The Kier molecular flexibility index (Phi) is 20.2. The van der Waals surface area contributed by atoms with Crippen LogP contribution in [0.25, 0.3) is 22.3 Å². The van der Waals surface area contributed by atoms with Gasteiger partial charge in [-0.1, -0.05) is 105 Å². The lowest BCUT2D eigenvalue weighted by Crippen LogP contribution is -2.13. The molecular formula is C57H68F2O8. The molecule has 6 aromatic carbocycles. The first-order valence-corrected chi connectivity index (χ1v) is 21.5. The predicted octanol–water partition coefficient (Wildman–Crippen LogP) is 14.2. The first-order valence-electron chi connectivity index (χ1n) is 21.5. The molecule has 1 N–H and O–H groups in total. The van der Waals surface area contributed by atoms with Gasteiger partial charge in [0.05, 0.1) is 21.3 Å². The van der Waals surface area contributed by atoms with Crippen molar-refractivity contribution in [2.45, 2.75) is 106 Å². The monoisotopic (exact) mass is 918 g/mol. The number of hydrogen-bond acceptors (Lipinski definition) is 7. The van der Waals surface area contributed by atoms with Crippen molar-refractivity contribution in [2.75, 3.05) is 21.3 Å². The highest BCUT2D eigenvalue weighted by Gasteiger charge is 2.23. The topological polar surface area (TPSA) is 101 Å². The summed E-state index contributed by atoms with van der Waals surface area (Å²) >= 11 is 0. The van der Waals surface area contributed by atoms with E-state index < -0.39 is 5.97 Å². The average Bonchev–Trinajstić information content (AvgIpc) is 3.29. The summed E-state index contributed by atoms with van der Waals surface area (Å²) in [6, 6.07) is 36.7. The third-order valence-electron chi connectivity index (χ3n) is 10.8. The van der Waals surface area contributed by atoms with Gasteiger partial charge in [0, 0.05) is 24.0 Å². The van der Waals surface area contributed by atoms with Gasteiger partial charge in [-0.2, -0.15) is 0 Å². The molecule has 0 amide bonds. The molecule has 0 saturated heterocycles. The minimum absolute atomic E-state index is 0. The Bertz CT molecular complexity index is 2540. The first kappa shape index (κ1) is 54.7. The van der Waals surface area contributed by atoms with E-state index in [1.54, 1.807) is 38.5 Å². The summed E-state index contributed by atoms with van der Waals surface area (Å²) in [5.74, 6) is 1.01. The standard InChI is InChI=1S/C28H31FO4.C27H29FO4.2CH4/c1-28(2,3)25-13-8-20(16-23(25)24-17-22(31-4)12-14-26(24)29)18-33-21-10-6-19(7-11-21)9-15-27(30)32-5;1-27(2,3)24-12-7-19(15-22(24)23-16-21(31-4)11-13-25(23)28)17-32-20-9-5-18(6-10-20)8-14-26(29)30;;/h6-8,10-14,16-17H,9,15,18H2,1-5H3;5-7,9-13,15-16H,8,14,17H2,1-4H3,(H,29,30);2*1H4. The number of aryl methyl sites for hydroxylation is 2. The molecule has 0 aliphatic rings. The summed E-state index contributed by atoms with van der Waals surface area (Å²) in [5, 5.41) is 8.81. The number of esters is 1. The summed E-state index contributed by atoms with van der Waals surface area (Å²) in [6.45, 7) is 13.3. The molecule has 0 saturated carbocycles. The molecule has 0 spiro atoms. The molecule has 0 fully saturated rings. The van der Waals surface area contributed by atoms with Gasteiger partial charge in [0.15, 0.2) is 0 Å². The number of halogens is 2. The number of rotatable bonds is 16. The van der Waals surface area contributed by atoms with E-state index in [1.807, 2.05) is 84.9 Å². The largest absolute Gasteiger partial charge is 0.497 e. The maximum Gasteiger partial charge on any atom is 0.305 e. The number of benzene rings is 6. The van der Waals surface area contributed by atoms with Crippen molar-refractivity contribution in [3.05, 3.63) is 166 Å². The summed E-state index contributed by atoms with van der Waals surface area (Å²) in [4.78, 5) is 22.0. The van der Waals surface area contributed by atoms with Gasteiger partial charge >= 0.3 is 11.9 Å². The molecule has 0 aliphatic heterocycles. The summed E-state index contributed by atoms with van der Waals surface area (Å²) < 4.78 is 56.8. The van der Waals surface area contributed by atoms with Crippen LogP contribution in [0, 0.1) is 11.6 Å². The van der Waals surface area contributed by atoms with E-state index in [9.17, 15) is 18.4 Å². The van der Waals surface area contributed by atoms with Gasteiger partial charge < -0.3 is 28.8 Å². The zero-order chi connectivity index (χ0) is 47.3. The van der Waals surface area contributed by atoms with Crippen molar-refractivity contribution < 1.29 is 47.2 Å². The molecule has 0 aromatic heterocycles. The van der Waals surface area contributed by atoms with E-state index in [1.165, 1.54) is 19.2 Å². The molecule has 358 valence electrons. The predicted molar refractivity (Wildman–Crippen MR) is 265 cm³/mol. The SMILES string of the molecule is C.C.COC(=O)CCc1ccc(OCc2ccc(C(C)(C)C)c(-c3cc(OC)ccc3F)c2)cc1.COc1ccc(F)c(-c2cc(COc3ccc(CCC(=O)O)cc3)ccc2C(C)(C)C)c1. The van der Waals surface area contributed by atoms with E-state index in [-0.39, 0.29) is 49.7 Å². The van der Waals surface area contributed by atoms with Gasteiger partial charge in [-0.15, -0.1) is 0 Å². The van der Waals surface area contributed by atoms with E-state index in [4.69, 9.17) is 24.1 Å². The fourth-order valence-corrected chi connectivity index (χ4v) is 7.23. The molecular weight excluding hydrogens is 851 g/mol. The highest BCUT2D eigenvalue weighted by molar-refractivity contribution is 5.73. The van der Waals surface area contributed by atoms with Crippen LogP contribution in [-0.4, -0.2) is 38.4 Å².